The fourth-order valence-electron chi connectivity index (χ4n) is 5.00. The van der Waals surface area contributed by atoms with E-state index in [0.717, 1.165) is 13.8 Å². The van der Waals surface area contributed by atoms with Crippen molar-refractivity contribution in [1.29, 1.82) is 0 Å². The molecule has 18 heteroatoms. The van der Waals surface area contributed by atoms with Gasteiger partial charge in [0.15, 0.2) is 12.6 Å². The first-order valence-electron chi connectivity index (χ1n) is 12.7. The topological polar surface area (TPSA) is 289 Å². The van der Waals surface area contributed by atoms with Crippen LogP contribution in [0.3, 0.4) is 0 Å². The lowest BCUT2D eigenvalue weighted by atomic mass is 9.93. The Balaban J connectivity index is 1.87. The number of rotatable bonds is 9. The van der Waals surface area contributed by atoms with Crippen LogP contribution in [0.15, 0.2) is 0 Å². The highest BCUT2D eigenvalue weighted by Crippen LogP contribution is 2.31. The Hall–Kier alpha value is -1.62. The number of aliphatic hydroxyl groups excluding tert-OH is 9. The Morgan fingerprint density at radius 2 is 1.18 bits per heavy atom. The summed E-state index contributed by atoms with van der Waals surface area (Å²) in [5.41, 5.74) is 0. The van der Waals surface area contributed by atoms with Crippen LogP contribution in [0.5, 0.6) is 0 Å². The molecule has 40 heavy (non-hydrogen) atoms. The van der Waals surface area contributed by atoms with Gasteiger partial charge in [0, 0.05) is 13.8 Å². The number of hydrogen-bond donors (Lipinski definition) is 12. The van der Waals surface area contributed by atoms with Crippen LogP contribution in [0.2, 0.25) is 0 Å². The van der Waals surface area contributed by atoms with Crippen molar-refractivity contribution < 1.29 is 74.5 Å². The van der Waals surface area contributed by atoms with Crippen LogP contribution >= 0.6 is 0 Å². The Bertz CT molecular complexity index is 854. The standard InChI is InChI=1S/C22H39N3O15/c1-6(29)23-11-14(32)13(31)9(4-27)37-21(11)40-19-10(5-28)38-22(12(15(19)33)24-7(2)30)39-18-8(3-26)25-20(36)17(35)16(18)34/h8-22,25-28,31-36H,3-5H2,1-2H3,(H,23,29)(H,24,30)/t8-,9-,10-,11-,12-,13-,14-,15-,16-,17-,18-,19-,20?,21+,22+/m1/s1. The molecule has 0 aromatic heterocycles. The average Bonchev–Trinajstić information content (AvgIpc) is 2.90. The molecule has 3 aliphatic rings. The summed E-state index contributed by atoms with van der Waals surface area (Å²) in [5.74, 6) is -1.30. The van der Waals surface area contributed by atoms with Gasteiger partial charge in [-0.05, 0) is 0 Å². The van der Waals surface area contributed by atoms with Gasteiger partial charge in [-0.2, -0.15) is 0 Å². The van der Waals surface area contributed by atoms with E-state index in [0.29, 0.717) is 0 Å². The van der Waals surface area contributed by atoms with Gasteiger partial charge in [-0.1, -0.05) is 0 Å². The van der Waals surface area contributed by atoms with E-state index in [1.807, 2.05) is 0 Å². The molecule has 0 spiro atoms. The van der Waals surface area contributed by atoms with E-state index in [-0.39, 0.29) is 0 Å². The highest BCUT2D eigenvalue weighted by atomic mass is 16.7. The van der Waals surface area contributed by atoms with E-state index in [2.05, 4.69) is 16.0 Å². The third kappa shape index (κ3) is 7.05. The lowest BCUT2D eigenvalue weighted by molar-refractivity contribution is -0.342. The molecule has 1 unspecified atom stereocenters. The van der Waals surface area contributed by atoms with Gasteiger partial charge in [-0.15, -0.1) is 0 Å². The summed E-state index contributed by atoms with van der Waals surface area (Å²) in [6.45, 7) is 0.0301. The van der Waals surface area contributed by atoms with Crippen LogP contribution in [-0.2, 0) is 28.5 Å². The summed E-state index contributed by atoms with van der Waals surface area (Å²) in [4.78, 5) is 23.7. The normalized spacial score (nSPS) is 46.0. The molecule has 0 radical (unpaired) electrons. The van der Waals surface area contributed by atoms with E-state index in [1.54, 1.807) is 0 Å². The third-order valence-corrected chi connectivity index (χ3v) is 7.04. The smallest absolute Gasteiger partial charge is 0.217 e. The largest absolute Gasteiger partial charge is 0.395 e. The third-order valence-electron chi connectivity index (χ3n) is 7.04. The van der Waals surface area contributed by atoms with Crippen LogP contribution in [0, 0.1) is 0 Å². The molecule has 15 atom stereocenters. The maximum atomic E-state index is 12.0. The SMILES string of the molecule is CC(=O)N[C@H]1[C@H](O[C@H]2[C@H](O)[C@@H](O)C(O)N[C@@H]2CO)O[C@H](CO)[C@@H](O[C@@H]2O[C@H](CO)[C@@H](O)[C@H](O)[C@H]2NC(C)=O)[C@@H]1O. The van der Waals surface area contributed by atoms with E-state index < -0.39 is 124 Å². The number of amides is 2. The monoisotopic (exact) mass is 585 g/mol. The van der Waals surface area contributed by atoms with Crippen molar-refractivity contribution in [3.05, 3.63) is 0 Å². The van der Waals surface area contributed by atoms with E-state index in [4.69, 9.17) is 18.9 Å². The van der Waals surface area contributed by atoms with Crippen LogP contribution < -0.4 is 16.0 Å². The van der Waals surface area contributed by atoms with Crippen molar-refractivity contribution in [1.82, 2.24) is 16.0 Å². The van der Waals surface area contributed by atoms with Crippen molar-refractivity contribution in [3.63, 3.8) is 0 Å². The minimum Gasteiger partial charge on any atom is -0.395 e. The summed E-state index contributed by atoms with van der Waals surface area (Å²) < 4.78 is 22.9. The predicted octanol–water partition coefficient (Wildman–Crippen LogP) is -7.71. The lowest BCUT2D eigenvalue weighted by Crippen LogP contribution is -2.71. The number of nitrogens with one attached hydrogen (secondary N) is 3. The van der Waals surface area contributed by atoms with Crippen molar-refractivity contribution in [2.24, 2.45) is 0 Å². The quantitative estimate of drug-likeness (QED) is 0.120. The number of ether oxygens (including phenoxy) is 4. The van der Waals surface area contributed by atoms with Crippen molar-refractivity contribution in [2.45, 2.75) is 106 Å². The summed E-state index contributed by atoms with van der Waals surface area (Å²) in [6, 6.07) is -3.96. The summed E-state index contributed by atoms with van der Waals surface area (Å²) >= 11 is 0. The van der Waals surface area contributed by atoms with Gasteiger partial charge >= 0.3 is 0 Å². The number of aliphatic hydroxyl groups is 9. The molecule has 0 saturated carbocycles. The minimum atomic E-state index is -1.74. The number of hydrogen-bond acceptors (Lipinski definition) is 16. The fourth-order valence-corrected chi connectivity index (χ4v) is 5.00. The van der Waals surface area contributed by atoms with Crippen LogP contribution in [0.1, 0.15) is 13.8 Å². The summed E-state index contributed by atoms with van der Waals surface area (Å²) in [7, 11) is 0. The van der Waals surface area contributed by atoms with Crippen LogP contribution in [0.4, 0.5) is 0 Å². The minimum absolute atomic E-state index is 0.634. The average molecular weight is 586 g/mol. The zero-order valence-corrected chi connectivity index (χ0v) is 21.8. The molecule has 0 aromatic carbocycles. The van der Waals surface area contributed by atoms with Crippen LogP contribution in [-0.4, -0.2) is 169 Å². The second-order valence-electron chi connectivity index (χ2n) is 9.96. The van der Waals surface area contributed by atoms with Gasteiger partial charge in [0.2, 0.25) is 11.8 Å². The summed E-state index contributed by atoms with van der Waals surface area (Å²) in [6.07, 6.45) is -19.0. The maximum absolute atomic E-state index is 12.0. The number of piperidine rings is 1. The molecule has 0 aliphatic carbocycles. The molecule has 232 valence electrons. The predicted molar refractivity (Wildman–Crippen MR) is 126 cm³/mol. The fraction of sp³-hybridized carbons (Fsp3) is 0.909. The van der Waals surface area contributed by atoms with Gasteiger partial charge in [0.05, 0.1) is 25.9 Å². The molecule has 0 bridgehead atoms. The number of carbonyl (C=O) groups is 2. The molecule has 3 fully saturated rings. The van der Waals surface area contributed by atoms with Gasteiger partial charge in [-0.25, -0.2) is 0 Å². The molecule has 0 aromatic rings. The Morgan fingerprint density at radius 3 is 1.68 bits per heavy atom. The molecule has 12 N–H and O–H groups in total. The zero-order chi connectivity index (χ0) is 29.9. The van der Waals surface area contributed by atoms with Crippen molar-refractivity contribution >= 4 is 11.8 Å². The second-order valence-corrected chi connectivity index (χ2v) is 9.96. The molecule has 3 rings (SSSR count). The molecular weight excluding hydrogens is 546 g/mol. The first kappa shape index (κ1) is 32.9. The lowest BCUT2D eigenvalue weighted by Gasteiger charge is -2.49. The van der Waals surface area contributed by atoms with Gasteiger partial charge < -0.3 is 75.5 Å². The molecule has 3 heterocycles. The molecule has 3 saturated heterocycles. The van der Waals surface area contributed by atoms with Gasteiger partial charge in [-0.3, -0.25) is 14.9 Å². The first-order chi connectivity index (χ1) is 18.8. The zero-order valence-electron chi connectivity index (χ0n) is 21.8. The Morgan fingerprint density at radius 1 is 0.675 bits per heavy atom. The second kappa shape index (κ2) is 14.0. The molecule has 2 amide bonds. The van der Waals surface area contributed by atoms with Gasteiger partial charge in [0.1, 0.15) is 73.2 Å². The summed E-state index contributed by atoms with van der Waals surface area (Å²) in [5, 5.41) is 99.0. The van der Waals surface area contributed by atoms with Crippen LogP contribution in [0.25, 0.3) is 0 Å². The maximum Gasteiger partial charge on any atom is 0.217 e. The van der Waals surface area contributed by atoms with Gasteiger partial charge in [0.25, 0.3) is 0 Å². The molecule has 3 aliphatic heterocycles. The highest BCUT2D eigenvalue weighted by molar-refractivity contribution is 5.73. The molecular formula is C22H39N3O15. The van der Waals surface area contributed by atoms with Crippen molar-refractivity contribution in [3.8, 4) is 0 Å². The highest BCUT2D eigenvalue weighted by Gasteiger charge is 2.53. The van der Waals surface area contributed by atoms with Crippen molar-refractivity contribution in [2.75, 3.05) is 19.8 Å². The van der Waals surface area contributed by atoms with E-state index >= 15 is 0 Å². The first-order valence-corrected chi connectivity index (χ1v) is 12.7. The Labute approximate surface area is 228 Å². The molecule has 18 nitrogen and oxygen atoms in total. The van der Waals surface area contributed by atoms with E-state index in [9.17, 15) is 55.5 Å². The Kier molecular flexibility index (Phi) is 11.5. The van der Waals surface area contributed by atoms with E-state index in [1.165, 1.54) is 0 Å². The number of carbonyl (C=O) groups excluding carboxylic acids is 2.